The molecule has 1 aliphatic rings. The Morgan fingerprint density at radius 3 is 2.42 bits per heavy atom. The number of anilines is 2. The van der Waals surface area contributed by atoms with Crippen LogP contribution in [-0.2, 0) is 14.8 Å². The zero-order valence-electron chi connectivity index (χ0n) is 18.8. The van der Waals surface area contributed by atoms with Crippen LogP contribution in [0.25, 0.3) is 0 Å². The van der Waals surface area contributed by atoms with Gasteiger partial charge < -0.3 is 15.0 Å². The molecule has 2 aromatic carbocycles. The highest BCUT2D eigenvalue weighted by Gasteiger charge is 2.27. The van der Waals surface area contributed by atoms with Crippen molar-refractivity contribution in [1.29, 1.82) is 0 Å². The van der Waals surface area contributed by atoms with Crippen molar-refractivity contribution in [3.63, 3.8) is 0 Å². The number of hydrogen-bond donors (Lipinski definition) is 1. The van der Waals surface area contributed by atoms with Crippen LogP contribution in [0.4, 0.5) is 20.2 Å². The molecule has 0 unspecified atom stereocenters. The highest BCUT2D eigenvalue weighted by molar-refractivity contribution is 7.89. The molecule has 0 saturated carbocycles. The second kappa shape index (κ2) is 10.9. The summed E-state index contributed by atoms with van der Waals surface area (Å²) in [4.78, 5) is 14.4. The summed E-state index contributed by atoms with van der Waals surface area (Å²) < 4.78 is 60.0. The third kappa shape index (κ3) is 6.00. The Hall–Kier alpha value is -2.72. The van der Waals surface area contributed by atoms with Crippen LogP contribution < -0.4 is 15.0 Å². The molecular formula is C23H29F2N3O4S. The summed E-state index contributed by atoms with van der Waals surface area (Å²) in [5, 5.41) is 2.71. The monoisotopic (exact) mass is 481 g/mol. The first kappa shape index (κ1) is 24.9. The van der Waals surface area contributed by atoms with Crippen LogP contribution in [0, 0.1) is 11.6 Å². The van der Waals surface area contributed by atoms with E-state index >= 15 is 0 Å². The zero-order chi connectivity index (χ0) is 24.0. The van der Waals surface area contributed by atoms with Crippen molar-refractivity contribution < 1.29 is 26.7 Å². The minimum atomic E-state index is -3.69. The number of nitrogens with zero attached hydrogens (tertiary/aromatic N) is 2. The summed E-state index contributed by atoms with van der Waals surface area (Å²) in [5.41, 5.74) is 0.597. The van der Waals surface area contributed by atoms with Crippen LogP contribution in [-0.4, -0.2) is 51.4 Å². The molecule has 1 heterocycles. The van der Waals surface area contributed by atoms with Crippen LogP contribution in [0.5, 0.6) is 5.75 Å². The lowest BCUT2D eigenvalue weighted by Crippen LogP contribution is -2.35. The van der Waals surface area contributed by atoms with Crippen molar-refractivity contribution in [3.05, 3.63) is 48.0 Å². The highest BCUT2D eigenvalue weighted by Crippen LogP contribution is 2.30. The standard InChI is InChI=1S/C23H29F2N3O4S/c1-3-27(17-8-10-19(24)20(25)14-17)16-23(29)26-21-15-18(9-11-22(21)32-4-2)33(30,31)28-12-6-5-7-13-28/h8-11,14-15H,3-7,12-13,16H2,1-2H3,(H,26,29). The molecule has 0 radical (unpaired) electrons. The maximum atomic E-state index is 13.6. The number of hydrogen-bond acceptors (Lipinski definition) is 5. The number of nitrogens with one attached hydrogen (secondary N) is 1. The summed E-state index contributed by atoms with van der Waals surface area (Å²) in [5.74, 6) is -2.07. The smallest absolute Gasteiger partial charge is 0.243 e. The molecule has 0 spiro atoms. The molecule has 10 heteroatoms. The minimum absolute atomic E-state index is 0.0797. The van der Waals surface area contributed by atoms with Crippen molar-refractivity contribution >= 4 is 27.3 Å². The number of ether oxygens (including phenoxy) is 1. The Morgan fingerprint density at radius 1 is 1.06 bits per heavy atom. The van der Waals surface area contributed by atoms with Crippen LogP contribution in [0.2, 0.25) is 0 Å². The average molecular weight is 482 g/mol. The van der Waals surface area contributed by atoms with Crippen LogP contribution in [0.3, 0.4) is 0 Å². The zero-order valence-corrected chi connectivity index (χ0v) is 19.6. The van der Waals surface area contributed by atoms with Gasteiger partial charge in [0.15, 0.2) is 11.6 Å². The van der Waals surface area contributed by atoms with Gasteiger partial charge in [0.05, 0.1) is 23.7 Å². The van der Waals surface area contributed by atoms with Gasteiger partial charge >= 0.3 is 0 Å². The van der Waals surface area contributed by atoms with E-state index in [1.807, 2.05) is 0 Å². The molecule has 1 N–H and O–H groups in total. The van der Waals surface area contributed by atoms with Gasteiger partial charge in [-0.25, -0.2) is 17.2 Å². The van der Waals surface area contributed by atoms with Gasteiger partial charge in [0, 0.05) is 31.4 Å². The average Bonchev–Trinajstić information content (AvgIpc) is 2.81. The van der Waals surface area contributed by atoms with Crippen LogP contribution in [0.1, 0.15) is 33.1 Å². The maximum Gasteiger partial charge on any atom is 0.243 e. The molecule has 180 valence electrons. The van der Waals surface area contributed by atoms with E-state index in [0.29, 0.717) is 37.7 Å². The first-order valence-electron chi connectivity index (χ1n) is 11.0. The number of carbonyl (C=O) groups is 1. The van der Waals surface area contributed by atoms with Crippen molar-refractivity contribution in [1.82, 2.24) is 4.31 Å². The lowest BCUT2D eigenvalue weighted by Gasteiger charge is -2.26. The van der Waals surface area contributed by atoms with Crippen LogP contribution in [0.15, 0.2) is 41.3 Å². The molecule has 3 rings (SSSR count). The van der Waals surface area contributed by atoms with E-state index in [1.54, 1.807) is 18.7 Å². The van der Waals surface area contributed by atoms with E-state index < -0.39 is 27.6 Å². The van der Waals surface area contributed by atoms with Gasteiger partial charge in [0.2, 0.25) is 15.9 Å². The van der Waals surface area contributed by atoms with Gasteiger partial charge in [-0.2, -0.15) is 4.31 Å². The van der Waals surface area contributed by atoms with Gasteiger partial charge in [-0.15, -0.1) is 0 Å². The van der Waals surface area contributed by atoms with Gasteiger partial charge in [-0.05, 0) is 57.0 Å². The third-order valence-electron chi connectivity index (χ3n) is 5.46. The fraction of sp³-hybridized carbons (Fsp3) is 0.435. The molecule has 2 aromatic rings. The van der Waals surface area contributed by atoms with E-state index in [1.165, 1.54) is 28.6 Å². The van der Waals surface area contributed by atoms with Gasteiger partial charge in [0.25, 0.3) is 0 Å². The van der Waals surface area contributed by atoms with Crippen LogP contribution >= 0.6 is 0 Å². The van der Waals surface area contributed by atoms with E-state index in [4.69, 9.17) is 4.74 Å². The topological polar surface area (TPSA) is 79.0 Å². The first-order chi connectivity index (χ1) is 15.8. The molecule has 0 atom stereocenters. The summed E-state index contributed by atoms with van der Waals surface area (Å²) >= 11 is 0. The molecule has 33 heavy (non-hydrogen) atoms. The number of halogens is 2. The Morgan fingerprint density at radius 2 is 1.79 bits per heavy atom. The van der Waals surface area contributed by atoms with E-state index in [2.05, 4.69) is 5.32 Å². The van der Waals surface area contributed by atoms with Crippen molar-refractivity contribution in [2.24, 2.45) is 0 Å². The molecule has 0 aromatic heterocycles. The number of carbonyl (C=O) groups excluding carboxylic acids is 1. The van der Waals surface area contributed by atoms with E-state index in [-0.39, 0.29) is 17.1 Å². The molecule has 1 saturated heterocycles. The summed E-state index contributed by atoms with van der Waals surface area (Å²) in [7, 11) is -3.69. The lowest BCUT2D eigenvalue weighted by atomic mass is 10.2. The first-order valence-corrected chi connectivity index (χ1v) is 12.5. The third-order valence-corrected chi connectivity index (χ3v) is 7.36. The van der Waals surface area contributed by atoms with E-state index in [0.717, 1.165) is 31.4 Å². The van der Waals surface area contributed by atoms with Crippen molar-refractivity contribution in [3.8, 4) is 5.75 Å². The lowest BCUT2D eigenvalue weighted by molar-refractivity contribution is -0.115. The minimum Gasteiger partial charge on any atom is -0.492 e. The second-order valence-electron chi connectivity index (χ2n) is 7.72. The number of rotatable bonds is 9. The summed E-state index contributed by atoms with van der Waals surface area (Å²) in [6, 6.07) is 7.84. The Kier molecular flexibility index (Phi) is 8.25. The molecule has 7 nitrogen and oxygen atoms in total. The quantitative estimate of drug-likeness (QED) is 0.586. The molecule has 1 fully saturated rings. The molecule has 1 aliphatic heterocycles. The molecule has 1 amide bonds. The predicted octanol–water partition coefficient (Wildman–Crippen LogP) is 4.00. The fourth-order valence-corrected chi connectivity index (χ4v) is 5.28. The molecular weight excluding hydrogens is 452 g/mol. The van der Waals surface area contributed by atoms with Crippen molar-refractivity contribution in [2.75, 3.05) is 43.0 Å². The number of likely N-dealkylation sites (N-methyl/N-ethyl adjacent to an activating group) is 1. The molecule has 0 aliphatic carbocycles. The second-order valence-corrected chi connectivity index (χ2v) is 9.65. The van der Waals surface area contributed by atoms with Crippen molar-refractivity contribution in [2.45, 2.75) is 38.0 Å². The van der Waals surface area contributed by atoms with Gasteiger partial charge in [-0.1, -0.05) is 6.42 Å². The summed E-state index contributed by atoms with van der Waals surface area (Å²) in [6.07, 6.45) is 2.63. The Bertz CT molecular complexity index is 1090. The molecule has 0 bridgehead atoms. The number of sulfonamides is 1. The normalized spacial score (nSPS) is 14.7. The Balaban J connectivity index is 1.82. The highest BCUT2D eigenvalue weighted by atomic mass is 32.2. The Labute approximate surface area is 193 Å². The van der Waals surface area contributed by atoms with Gasteiger partial charge in [-0.3, -0.25) is 4.79 Å². The number of amides is 1. The maximum absolute atomic E-state index is 13.6. The largest absolute Gasteiger partial charge is 0.492 e. The fourth-order valence-electron chi connectivity index (χ4n) is 3.73. The van der Waals surface area contributed by atoms with E-state index in [9.17, 15) is 22.0 Å². The number of benzene rings is 2. The number of piperidine rings is 1. The predicted molar refractivity (Wildman–Crippen MR) is 123 cm³/mol. The van der Waals surface area contributed by atoms with Gasteiger partial charge in [0.1, 0.15) is 5.75 Å². The SMILES string of the molecule is CCOc1ccc(S(=O)(=O)N2CCCCC2)cc1NC(=O)CN(CC)c1ccc(F)c(F)c1. The summed E-state index contributed by atoms with van der Waals surface area (Å²) in [6.45, 7) is 5.07.